The fraction of sp³-hybridized carbons (Fsp3) is 0.286. The number of carboxylic acids is 1. The minimum Gasteiger partial charge on any atom is -0.496 e. The number of nitrogens with one attached hydrogen (secondary N) is 2. The van der Waals surface area contributed by atoms with Gasteiger partial charge in [-0.2, -0.15) is 0 Å². The third kappa shape index (κ3) is 4.29. The number of carboxylic acid groups (broad SMARTS) is 1. The van der Waals surface area contributed by atoms with Crippen LogP contribution in [0.1, 0.15) is 24.2 Å². The second kappa shape index (κ2) is 6.37. The molecule has 0 heterocycles. The fourth-order valence-electron chi connectivity index (χ4n) is 1.46. The summed E-state index contributed by atoms with van der Waals surface area (Å²) in [6.07, 6.45) is 5.27. The van der Waals surface area contributed by atoms with Gasteiger partial charge in [0.05, 0.1) is 23.4 Å². The van der Waals surface area contributed by atoms with Gasteiger partial charge in [0.25, 0.3) is 0 Å². The molecule has 0 unspecified atom stereocenters. The molecule has 2 amide bonds. The number of carbonyl (C=O) groups excluding carboxylic acids is 1. The Kier molecular flexibility index (Phi) is 5.06. The van der Waals surface area contributed by atoms with Crippen LogP contribution in [0.2, 0.25) is 5.02 Å². The largest absolute Gasteiger partial charge is 0.496 e. The monoisotopic (exact) mass is 310 g/mol. The fourth-order valence-corrected chi connectivity index (χ4v) is 1.67. The molecule has 0 radical (unpaired) electrons. The first-order chi connectivity index (χ1) is 9.70. The Labute approximate surface area is 127 Å². The van der Waals surface area contributed by atoms with E-state index in [0.717, 1.165) is 0 Å². The molecule has 3 N–H and O–H groups in total. The van der Waals surface area contributed by atoms with E-state index in [0.29, 0.717) is 0 Å². The predicted molar refractivity (Wildman–Crippen MR) is 80.0 cm³/mol. The lowest BCUT2D eigenvalue weighted by Crippen LogP contribution is -2.44. The topological polar surface area (TPSA) is 87.7 Å². The van der Waals surface area contributed by atoms with Crippen LogP contribution in [0.4, 0.5) is 10.5 Å². The lowest BCUT2D eigenvalue weighted by molar-refractivity contribution is 0.0693. The Balaban J connectivity index is 3.03. The molecule has 0 fully saturated rings. The first-order valence-corrected chi connectivity index (χ1v) is 6.25. The Bertz CT molecular complexity index is 620. The zero-order valence-corrected chi connectivity index (χ0v) is 12.5. The van der Waals surface area contributed by atoms with Crippen LogP contribution >= 0.6 is 11.6 Å². The number of hydrogen-bond donors (Lipinski definition) is 3. The van der Waals surface area contributed by atoms with E-state index in [1.165, 1.54) is 19.2 Å². The summed E-state index contributed by atoms with van der Waals surface area (Å²) >= 11 is 5.95. The second-order valence-corrected chi connectivity index (χ2v) is 5.09. The number of rotatable bonds is 4. The standard InChI is InChI=1S/C14H15ClN2O4/c1-5-14(2,3)17-13(20)16-10-7-11(21-4)8(12(18)19)6-9(10)15/h1,6-7H,2-4H3,(H,18,19)(H2,16,17,20). The van der Waals surface area contributed by atoms with Crippen LogP contribution in [-0.2, 0) is 0 Å². The molecule has 0 aliphatic rings. The first-order valence-electron chi connectivity index (χ1n) is 5.88. The molecule has 6 nitrogen and oxygen atoms in total. The van der Waals surface area contributed by atoms with Gasteiger partial charge >= 0.3 is 12.0 Å². The number of ether oxygens (including phenoxy) is 1. The molecule has 0 bridgehead atoms. The minimum absolute atomic E-state index is 0.0712. The van der Waals surface area contributed by atoms with Crippen LogP contribution in [0.3, 0.4) is 0 Å². The third-order valence-electron chi connectivity index (χ3n) is 2.55. The molecule has 0 saturated carbocycles. The molecule has 1 rings (SSSR count). The normalized spacial score (nSPS) is 10.4. The number of aromatic carboxylic acids is 1. The number of methoxy groups -OCH3 is 1. The van der Waals surface area contributed by atoms with E-state index < -0.39 is 17.5 Å². The Morgan fingerprint density at radius 2 is 2.05 bits per heavy atom. The van der Waals surface area contributed by atoms with Crippen LogP contribution in [-0.4, -0.2) is 29.8 Å². The maximum Gasteiger partial charge on any atom is 0.339 e. The van der Waals surface area contributed by atoms with Crippen molar-refractivity contribution in [2.45, 2.75) is 19.4 Å². The highest BCUT2D eigenvalue weighted by molar-refractivity contribution is 6.34. The van der Waals surface area contributed by atoms with E-state index in [1.54, 1.807) is 13.8 Å². The summed E-state index contributed by atoms with van der Waals surface area (Å²) in [5.74, 6) is 1.31. The van der Waals surface area contributed by atoms with E-state index in [4.69, 9.17) is 27.9 Å². The molecular formula is C14H15ClN2O4. The highest BCUT2D eigenvalue weighted by Gasteiger charge is 2.19. The highest BCUT2D eigenvalue weighted by Crippen LogP contribution is 2.31. The van der Waals surface area contributed by atoms with Gasteiger partial charge in [-0.25, -0.2) is 9.59 Å². The maximum absolute atomic E-state index is 11.8. The summed E-state index contributed by atoms with van der Waals surface area (Å²) in [6, 6.07) is 1.96. The van der Waals surface area contributed by atoms with Gasteiger partial charge in [0.15, 0.2) is 0 Å². The number of hydrogen-bond acceptors (Lipinski definition) is 3. The van der Waals surface area contributed by atoms with Crippen molar-refractivity contribution in [2.24, 2.45) is 0 Å². The van der Waals surface area contributed by atoms with Gasteiger partial charge in [-0.1, -0.05) is 17.5 Å². The Morgan fingerprint density at radius 3 is 2.52 bits per heavy atom. The average Bonchev–Trinajstić information content (AvgIpc) is 2.39. The zero-order chi connectivity index (χ0) is 16.2. The number of benzene rings is 1. The smallest absolute Gasteiger partial charge is 0.339 e. The van der Waals surface area contributed by atoms with Crippen molar-refractivity contribution in [3.63, 3.8) is 0 Å². The predicted octanol–water partition coefficient (Wildman–Crippen LogP) is 2.58. The highest BCUT2D eigenvalue weighted by atomic mass is 35.5. The quantitative estimate of drug-likeness (QED) is 0.746. The SMILES string of the molecule is C#CC(C)(C)NC(=O)Nc1cc(OC)c(C(=O)O)cc1Cl. The molecule has 112 valence electrons. The van der Waals surface area contributed by atoms with Crippen LogP contribution < -0.4 is 15.4 Å². The molecule has 1 aromatic carbocycles. The van der Waals surface area contributed by atoms with E-state index in [1.807, 2.05) is 0 Å². The van der Waals surface area contributed by atoms with E-state index in [2.05, 4.69) is 16.6 Å². The summed E-state index contributed by atoms with van der Waals surface area (Å²) in [5.41, 5.74) is -0.719. The summed E-state index contributed by atoms with van der Waals surface area (Å²) in [5, 5.41) is 14.1. The van der Waals surface area contributed by atoms with E-state index in [9.17, 15) is 9.59 Å². The number of carbonyl (C=O) groups is 2. The van der Waals surface area contributed by atoms with Gasteiger partial charge in [-0.15, -0.1) is 6.42 Å². The average molecular weight is 311 g/mol. The number of terminal acetylenes is 1. The van der Waals surface area contributed by atoms with Crippen molar-refractivity contribution < 1.29 is 19.4 Å². The van der Waals surface area contributed by atoms with Crippen molar-refractivity contribution in [1.29, 1.82) is 0 Å². The van der Waals surface area contributed by atoms with Crippen molar-refractivity contribution in [3.05, 3.63) is 22.7 Å². The van der Waals surface area contributed by atoms with Crippen LogP contribution in [0.5, 0.6) is 5.75 Å². The molecule has 1 aromatic rings. The summed E-state index contributed by atoms with van der Waals surface area (Å²) in [7, 11) is 1.32. The third-order valence-corrected chi connectivity index (χ3v) is 2.87. The first kappa shape index (κ1) is 16.7. The van der Waals surface area contributed by atoms with E-state index in [-0.39, 0.29) is 22.0 Å². The van der Waals surface area contributed by atoms with Crippen LogP contribution in [0.25, 0.3) is 0 Å². The number of amides is 2. The molecule has 0 saturated heterocycles. The van der Waals surface area contributed by atoms with Gasteiger partial charge in [0.2, 0.25) is 0 Å². The van der Waals surface area contributed by atoms with Crippen LogP contribution in [0.15, 0.2) is 12.1 Å². The molecule has 0 atom stereocenters. The van der Waals surface area contributed by atoms with Crippen molar-refractivity contribution in [2.75, 3.05) is 12.4 Å². The van der Waals surface area contributed by atoms with Gasteiger partial charge in [-0.05, 0) is 19.9 Å². The number of urea groups is 1. The maximum atomic E-state index is 11.8. The Morgan fingerprint density at radius 1 is 1.43 bits per heavy atom. The summed E-state index contributed by atoms with van der Waals surface area (Å²) in [6.45, 7) is 3.31. The molecule has 0 aromatic heterocycles. The molecular weight excluding hydrogens is 296 g/mol. The zero-order valence-electron chi connectivity index (χ0n) is 11.8. The minimum atomic E-state index is -1.18. The molecule has 0 spiro atoms. The number of anilines is 1. The Hall–Kier alpha value is -2.39. The van der Waals surface area contributed by atoms with Crippen molar-refractivity contribution >= 4 is 29.3 Å². The second-order valence-electron chi connectivity index (χ2n) is 4.69. The lowest BCUT2D eigenvalue weighted by atomic mass is 10.1. The molecule has 0 aliphatic carbocycles. The summed E-state index contributed by atoms with van der Waals surface area (Å²) < 4.78 is 4.96. The molecule has 21 heavy (non-hydrogen) atoms. The van der Waals surface area contributed by atoms with Crippen LogP contribution in [0, 0.1) is 12.3 Å². The van der Waals surface area contributed by atoms with Gasteiger partial charge < -0.3 is 20.5 Å². The van der Waals surface area contributed by atoms with E-state index >= 15 is 0 Å². The summed E-state index contributed by atoms with van der Waals surface area (Å²) in [4.78, 5) is 22.9. The van der Waals surface area contributed by atoms with Crippen molar-refractivity contribution in [3.8, 4) is 18.1 Å². The molecule has 7 heteroatoms. The lowest BCUT2D eigenvalue weighted by Gasteiger charge is -2.20. The van der Waals surface area contributed by atoms with Gasteiger partial charge in [0, 0.05) is 6.07 Å². The van der Waals surface area contributed by atoms with Gasteiger partial charge in [0.1, 0.15) is 11.3 Å². The van der Waals surface area contributed by atoms with Gasteiger partial charge in [-0.3, -0.25) is 0 Å². The number of halogens is 1. The van der Waals surface area contributed by atoms with Crippen molar-refractivity contribution in [1.82, 2.24) is 5.32 Å². The molecule has 0 aliphatic heterocycles.